The van der Waals surface area contributed by atoms with Crippen LogP contribution in [0, 0.1) is 0 Å². The monoisotopic (exact) mass is 359 g/mol. The van der Waals surface area contributed by atoms with Gasteiger partial charge in [-0.25, -0.2) is 8.42 Å². The van der Waals surface area contributed by atoms with E-state index in [0.717, 1.165) is 18.4 Å². The first-order valence-electron chi connectivity index (χ1n) is 8.52. The summed E-state index contributed by atoms with van der Waals surface area (Å²) >= 11 is 0. The number of rotatable bonds is 9. The number of amides is 1. The van der Waals surface area contributed by atoms with E-state index >= 15 is 0 Å². The fraction of sp³-hybridized carbons (Fsp3) is 0.350. The molecule has 0 radical (unpaired) electrons. The Hall–Kier alpha value is -2.14. The van der Waals surface area contributed by atoms with Gasteiger partial charge >= 0.3 is 0 Å². The molecule has 0 saturated carbocycles. The van der Waals surface area contributed by atoms with Crippen molar-refractivity contribution in [1.82, 2.24) is 5.32 Å². The summed E-state index contributed by atoms with van der Waals surface area (Å²) in [6.45, 7) is 1.94. The lowest BCUT2D eigenvalue weighted by Crippen LogP contribution is -2.34. The molecule has 4 nitrogen and oxygen atoms in total. The van der Waals surface area contributed by atoms with Crippen LogP contribution in [0.15, 0.2) is 60.7 Å². The molecule has 0 aliphatic rings. The molecular weight excluding hydrogens is 334 g/mol. The first kappa shape index (κ1) is 19.2. The van der Waals surface area contributed by atoms with Crippen molar-refractivity contribution >= 4 is 15.7 Å². The number of aryl methyl sites for hydroxylation is 1. The van der Waals surface area contributed by atoms with Crippen molar-refractivity contribution in [1.29, 1.82) is 0 Å². The van der Waals surface area contributed by atoms with Crippen molar-refractivity contribution in [3.63, 3.8) is 0 Å². The van der Waals surface area contributed by atoms with Crippen molar-refractivity contribution in [2.45, 2.75) is 38.0 Å². The number of hydrogen-bond acceptors (Lipinski definition) is 3. The van der Waals surface area contributed by atoms with Crippen LogP contribution < -0.4 is 5.32 Å². The standard InChI is InChI=1S/C20H25NO3S/c1-17(12-13-18-8-4-2-5-9-18)21-20(22)14-15-25(23,24)16-19-10-6-3-7-11-19/h2-11,17H,12-16H2,1H3,(H,21,22). The Balaban J connectivity index is 1.72. The lowest BCUT2D eigenvalue weighted by Gasteiger charge is -2.14. The third-order valence-electron chi connectivity index (χ3n) is 3.99. The predicted molar refractivity (Wildman–Crippen MR) is 101 cm³/mol. The maximum absolute atomic E-state index is 12.1. The average molecular weight is 359 g/mol. The van der Waals surface area contributed by atoms with Crippen molar-refractivity contribution in [3.05, 3.63) is 71.8 Å². The van der Waals surface area contributed by atoms with Crippen LogP contribution in [0.2, 0.25) is 0 Å². The lowest BCUT2D eigenvalue weighted by atomic mass is 10.1. The van der Waals surface area contributed by atoms with E-state index in [0.29, 0.717) is 0 Å². The van der Waals surface area contributed by atoms with Gasteiger partial charge in [0.05, 0.1) is 11.5 Å². The maximum atomic E-state index is 12.1. The van der Waals surface area contributed by atoms with Gasteiger partial charge in [-0.2, -0.15) is 0 Å². The minimum atomic E-state index is -3.28. The van der Waals surface area contributed by atoms with Crippen LogP contribution in [0.5, 0.6) is 0 Å². The highest BCUT2D eigenvalue weighted by molar-refractivity contribution is 7.90. The van der Waals surface area contributed by atoms with E-state index in [9.17, 15) is 13.2 Å². The number of benzene rings is 2. The molecule has 1 N–H and O–H groups in total. The smallest absolute Gasteiger partial charge is 0.221 e. The van der Waals surface area contributed by atoms with E-state index in [1.807, 2.05) is 43.3 Å². The Bertz CT molecular complexity index is 758. The summed E-state index contributed by atoms with van der Waals surface area (Å²) in [6.07, 6.45) is 1.71. The van der Waals surface area contributed by atoms with Gasteiger partial charge in [0.25, 0.3) is 0 Å². The molecule has 0 saturated heterocycles. The lowest BCUT2D eigenvalue weighted by molar-refractivity contribution is -0.121. The van der Waals surface area contributed by atoms with Gasteiger partial charge in [-0.1, -0.05) is 60.7 Å². The van der Waals surface area contributed by atoms with E-state index < -0.39 is 9.84 Å². The summed E-state index contributed by atoms with van der Waals surface area (Å²) in [7, 11) is -3.28. The Morgan fingerprint density at radius 3 is 2.12 bits per heavy atom. The second kappa shape index (κ2) is 9.37. The number of carbonyl (C=O) groups excluding carboxylic acids is 1. The number of hydrogen-bond donors (Lipinski definition) is 1. The summed E-state index contributed by atoms with van der Waals surface area (Å²) in [5.41, 5.74) is 1.98. The van der Waals surface area contributed by atoms with Crippen LogP contribution in [0.4, 0.5) is 0 Å². The third-order valence-corrected chi connectivity index (χ3v) is 5.59. The third kappa shape index (κ3) is 7.52. The second-order valence-electron chi connectivity index (χ2n) is 6.32. The summed E-state index contributed by atoms with van der Waals surface area (Å²) < 4.78 is 24.2. The topological polar surface area (TPSA) is 63.2 Å². The Labute approximate surface area is 150 Å². The van der Waals surface area contributed by atoms with Gasteiger partial charge in [0.1, 0.15) is 0 Å². The van der Waals surface area contributed by atoms with Crippen molar-refractivity contribution < 1.29 is 13.2 Å². The molecule has 1 amide bonds. The largest absolute Gasteiger partial charge is 0.354 e. The molecule has 0 heterocycles. The molecule has 5 heteroatoms. The summed E-state index contributed by atoms with van der Waals surface area (Å²) in [5, 5.41) is 2.88. The van der Waals surface area contributed by atoms with Gasteiger partial charge in [-0.3, -0.25) is 4.79 Å². The van der Waals surface area contributed by atoms with E-state index in [1.165, 1.54) is 5.56 Å². The van der Waals surface area contributed by atoms with Crippen molar-refractivity contribution in [2.75, 3.05) is 5.75 Å². The second-order valence-corrected chi connectivity index (χ2v) is 8.50. The first-order valence-corrected chi connectivity index (χ1v) is 10.3. The van der Waals surface area contributed by atoms with Gasteiger partial charge in [0.2, 0.25) is 5.91 Å². The van der Waals surface area contributed by atoms with Crippen molar-refractivity contribution in [2.24, 2.45) is 0 Å². The van der Waals surface area contributed by atoms with Gasteiger partial charge in [0, 0.05) is 12.5 Å². The van der Waals surface area contributed by atoms with Gasteiger partial charge in [0.15, 0.2) is 9.84 Å². The molecule has 134 valence electrons. The number of nitrogens with one attached hydrogen (secondary N) is 1. The fourth-order valence-electron chi connectivity index (χ4n) is 2.60. The Morgan fingerprint density at radius 1 is 0.960 bits per heavy atom. The van der Waals surface area contributed by atoms with Crippen LogP contribution in [0.3, 0.4) is 0 Å². The molecular formula is C20H25NO3S. The molecule has 0 aromatic heterocycles. The molecule has 25 heavy (non-hydrogen) atoms. The maximum Gasteiger partial charge on any atom is 0.221 e. The fourth-order valence-corrected chi connectivity index (χ4v) is 3.94. The zero-order valence-electron chi connectivity index (χ0n) is 14.5. The molecule has 0 spiro atoms. The van der Waals surface area contributed by atoms with Crippen LogP contribution in [0.1, 0.15) is 30.9 Å². The van der Waals surface area contributed by atoms with Crippen LogP contribution in [0.25, 0.3) is 0 Å². The van der Waals surface area contributed by atoms with Crippen LogP contribution >= 0.6 is 0 Å². The van der Waals surface area contributed by atoms with Gasteiger partial charge in [-0.15, -0.1) is 0 Å². The van der Waals surface area contributed by atoms with Crippen molar-refractivity contribution in [3.8, 4) is 0 Å². The highest BCUT2D eigenvalue weighted by atomic mass is 32.2. The normalized spacial score (nSPS) is 12.5. The molecule has 0 fully saturated rings. The number of sulfone groups is 1. The minimum Gasteiger partial charge on any atom is -0.354 e. The highest BCUT2D eigenvalue weighted by Crippen LogP contribution is 2.08. The summed E-state index contributed by atoms with van der Waals surface area (Å²) in [4.78, 5) is 12.0. The molecule has 1 atom stereocenters. The minimum absolute atomic E-state index is 0.00481. The van der Waals surface area contributed by atoms with E-state index in [1.54, 1.807) is 12.1 Å². The zero-order valence-corrected chi connectivity index (χ0v) is 15.3. The molecule has 2 rings (SSSR count). The van der Waals surface area contributed by atoms with E-state index in [2.05, 4.69) is 17.4 Å². The zero-order chi connectivity index (χ0) is 18.1. The van der Waals surface area contributed by atoms with Gasteiger partial charge < -0.3 is 5.32 Å². The SMILES string of the molecule is CC(CCc1ccccc1)NC(=O)CCS(=O)(=O)Cc1ccccc1. The quantitative estimate of drug-likeness (QED) is 0.748. The Kier molecular flexibility index (Phi) is 7.19. The van der Waals surface area contributed by atoms with Crippen LogP contribution in [-0.2, 0) is 26.8 Å². The van der Waals surface area contributed by atoms with Crippen LogP contribution in [-0.4, -0.2) is 26.1 Å². The Morgan fingerprint density at radius 2 is 1.52 bits per heavy atom. The first-order chi connectivity index (χ1) is 11.9. The molecule has 0 bridgehead atoms. The molecule has 2 aromatic rings. The van der Waals surface area contributed by atoms with E-state index in [4.69, 9.17) is 0 Å². The average Bonchev–Trinajstić information content (AvgIpc) is 2.60. The van der Waals surface area contributed by atoms with E-state index in [-0.39, 0.29) is 29.9 Å². The molecule has 0 aliphatic heterocycles. The molecule has 2 aromatic carbocycles. The summed E-state index contributed by atoms with van der Waals surface area (Å²) in [6, 6.07) is 19.1. The predicted octanol–water partition coefficient (Wildman–Crippen LogP) is 3.13. The highest BCUT2D eigenvalue weighted by Gasteiger charge is 2.15. The number of carbonyl (C=O) groups is 1. The molecule has 1 unspecified atom stereocenters. The molecule has 0 aliphatic carbocycles. The summed E-state index contributed by atoms with van der Waals surface area (Å²) in [5.74, 6) is -0.360. The van der Waals surface area contributed by atoms with Gasteiger partial charge in [-0.05, 0) is 30.9 Å².